The van der Waals surface area contributed by atoms with Crippen molar-refractivity contribution >= 4 is 5.91 Å². The first-order chi connectivity index (χ1) is 13.0. The molecule has 2 aromatic rings. The monoisotopic (exact) mass is 373 g/mol. The molecule has 0 unspecified atom stereocenters. The average molecular weight is 373 g/mol. The fourth-order valence-corrected chi connectivity index (χ4v) is 3.44. The number of hydrogen-bond acceptors (Lipinski definition) is 4. The van der Waals surface area contributed by atoms with Gasteiger partial charge < -0.3 is 19.9 Å². The highest BCUT2D eigenvalue weighted by Crippen LogP contribution is 2.39. The fraction of sp³-hybridized carbons (Fsp3) is 0.381. The van der Waals surface area contributed by atoms with E-state index in [-0.39, 0.29) is 36.1 Å². The van der Waals surface area contributed by atoms with E-state index in [1.54, 1.807) is 19.2 Å². The van der Waals surface area contributed by atoms with Crippen LogP contribution in [0.2, 0.25) is 0 Å². The van der Waals surface area contributed by atoms with Crippen LogP contribution in [0.1, 0.15) is 30.0 Å². The molecule has 0 aromatic heterocycles. The van der Waals surface area contributed by atoms with Gasteiger partial charge in [0, 0.05) is 0 Å². The molecule has 1 atom stereocenters. The number of aliphatic hydroxyl groups excluding tert-OH is 1. The molecule has 6 heteroatoms. The number of rotatable bonds is 7. The highest BCUT2D eigenvalue weighted by atomic mass is 19.1. The largest absolute Gasteiger partial charge is 0.497 e. The molecule has 27 heavy (non-hydrogen) atoms. The number of hydrogen-bond donors (Lipinski definition) is 2. The Balaban J connectivity index is 1.75. The third-order valence-electron chi connectivity index (χ3n) is 4.97. The number of carbonyl (C=O) groups is 1. The molecule has 1 aliphatic carbocycles. The lowest BCUT2D eigenvalue weighted by Gasteiger charge is -2.38. The second kappa shape index (κ2) is 8.39. The summed E-state index contributed by atoms with van der Waals surface area (Å²) in [5.41, 5.74) is 1.50. The Labute approximate surface area is 158 Å². The molecule has 144 valence electrons. The van der Waals surface area contributed by atoms with E-state index in [4.69, 9.17) is 9.47 Å². The van der Waals surface area contributed by atoms with Crippen LogP contribution in [0.15, 0.2) is 42.5 Å². The molecule has 0 aliphatic heterocycles. The number of benzene rings is 2. The van der Waals surface area contributed by atoms with Gasteiger partial charge >= 0.3 is 0 Å². The van der Waals surface area contributed by atoms with Crippen molar-refractivity contribution in [2.45, 2.75) is 31.4 Å². The van der Waals surface area contributed by atoms with Gasteiger partial charge in [-0.3, -0.25) is 4.79 Å². The zero-order valence-corrected chi connectivity index (χ0v) is 15.4. The number of amides is 1. The lowest BCUT2D eigenvalue weighted by Crippen LogP contribution is -2.41. The van der Waals surface area contributed by atoms with E-state index < -0.39 is 5.82 Å². The maximum Gasteiger partial charge on any atom is 0.224 e. The van der Waals surface area contributed by atoms with E-state index >= 15 is 0 Å². The van der Waals surface area contributed by atoms with Crippen molar-refractivity contribution in [3.63, 3.8) is 0 Å². The van der Waals surface area contributed by atoms with Gasteiger partial charge in [-0.25, -0.2) is 4.39 Å². The number of ether oxygens (including phenoxy) is 2. The first-order valence-electron chi connectivity index (χ1n) is 8.94. The number of nitrogens with one attached hydrogen (secondary N) is 1. The van der Waals surface area contributed by atoms with Crippen LogP contribution < -0.4 is 14.8 Å². The molecule has 2 N–H and O–H groups in total. The Kier molecular flexibility index (Phi) is 5.96. The summed E-state index contributed by atoms with van der Waals surface area (Å²) >= 11 is 0. The SMILES string of the molecule is COc1cccc(CC(=O)N[C@H](c2ccc(OC)c(F)c2)C2CC(O)C2)c1. The quantitative estimate of drug-likeness (QED) is 0.783. The van der Waals surface area contributed by atoms with Crippen molar-refractivity contribution in [1.82, 2.24) is 5.32 Å². The van der Waals surface area contributed by atoms with Crippen molar-refractivity contribution in [3.05, 3.63) is 59.4 Å². The van der Waals surface area contributed by atoms with Gasteiger partial charge in [-0.1, -0.05) is 18.2 Å². The fourth-order valence-electron chi connectivity index (χ4n) is 3.44. The van der Waals surface area contributed by atoms with E-state index in [2.05, 4.69) is 5.32 Å². The van der Waals surface area contributed by atoms with Gasteiger partial charge in [0.2, 0.25) is 5.91 Å². The predicted molar refractivity (Wildman–Crippen MR) is 99.3 cm³/mol. The number of carbonyl (C=O) groups excluding carboxylic acids is 1. The minimum absolute atomic E-state index is 0.0713. The number of halogens is 1. The molecule has 1 amide bonds. The molecule has 0 spiro atoms. The Hall–Kier alpha value is -2.60. The smallest absolute Gasteiger partial charge is 0.224 e. The second-order valence-corrected chi connectivity index (χ2v) is 6.85. The molecule has 1 fully saturated rings. The van der Waals surface area contributed by atoms with Gasteiger partial charge in [0.05, 0.1) is 32.8 Å². The summed E-state index contributed by atoms with van der Waals surface area (Å²) in [5.74, 6) is 0.292. The summed E-state index contributed by atoms with van der Waals surface area (Å²) in [5, 5.41) is 12.7. The summed E-state index contributed by atoms with van der Waals surface area (Å²) in [6.07, 6.45) is 0.993. The Bertz CT molecular complexity index is 805. The topological polar surface area (TPSA) is 67.8 Å². The molecule has 0 bridgehead atoms. The van der Waals surface area contributed by atoms with Gasteiger partial charge in [-0.15, -0.1) is 0 Å². The van der Waals surface area contributed by atoms with Crippen molar-refractivity contribution in [3.8, 4) is 11.5 Å². The first kappa shape index (κ1) is 19.2. The molecule has 0 radical (unpaired) electrons. The molecule has 0 saturated heterocycles. The molecule has 5 nitrogen and oxygen atoms in total. The van der Waals surface area contributed by atoms with Crippen LogP contribution in [-0.2, 0) is 11.2 Å². The van der Waals surface area contributed by atoms with Gasteiger partial charge in [-0.05, 0) is 54.2 Å². The summed E-state index contributed by atoms with van der Waals surface area (Å²) in [4.78, 5) is 12.6. The van der Waals surface area contributed by atoms with E-state index in [0.29, 0.717) is 24.2 Å². The highest BCUT2D eigenvalue weighted by molar-refractivity contribution is 5.79. The number of aliphatic hydroxyl groups is 1. The average Bonchev–Trinajstić information content (AvgIpc) is 2.64. The van der Waals surface area contributed by atoms with Crippen LogP contribution in [0.25, 0.3) is 0 Å². The summed E-state index contributed by atoms with van der Waals surface area (Å²) in [7, 11) is 2.99. The third kappa shape index (κ3) is 4.57. The molecule has 1 aliphatic rings. The molecular formula is C21H24FNO4. The van der Waals surface area contributed by atoms with E-state index in [9.17, 15) is 14.3 Å². The van der Waals surface area contributed by atoms with Crippen LogP contribution in [0.4, 0.5) is 4.39 Å². The minimum atomic E-state index is -0.470. The molecular weight excluding hydrogens is 349 g/mol. The van der Waals surface area contributed by atoms with E-state index in [1.807, 2.05) is 24.3 Å². The zero-order chi connectivity index (χ0) is 19.4. The summed E-state index contributed by atoms with van der Waals surface area (Å²) < 4.78 is 24.3. The van der Waals surface area contributed by atoms with Crippen LogP contribution >= 0.6 is 0 Å². The normalized spacial score (nSPS) is 19.7. The van der Waals surface area contributed by atoms with E-state index in [0.717, 1.165) is 5.56 Å². The van der Waals surface area contributed by atoms with Crippen LogP contribution in [0, 0.1) is 11.7 Å². The standard InChI is InChI=1S/C21H24FNO4/c1-26-17-5-3-4-13(8-17)9-20(25)23-21(15-10-16(24)11-15)14-6-7-19(27-2)18(22)12-14/h3-8,12,15-16,21,24H,9-11H2,1-2H3,(H,23,25)/t15?,16?,21-/m1/s1. The third-order valence-corrected chi connectivity index (χ3v) is 4.97. The van der Waals surface area contributed by atoms with Gasteiger partial charge in [0.1, 0.15) is 5.75 Å². The van der Waals surface area contributed by atoms with Crippen molar-refractivity contribution in [1.29, 1.82) is 0 Å². The first-order valence-corrected chi connectivity index (χ1v) is 8.94. The van der Waals surface area contributed by atoms with Crippen LogP contribution in [0.3, 0.4) is 0 Å². The molecule has 0 heterocycles. The zero-order valence-electron chi connectivity index (χ0n) is 15.4. The number of methoxy groups -OCH3 is 2. The van der Waals surface area contributed by atoms with Crippen LogP contribution in [0.5, 0.6) is 11.5 Å². The maximum atomic E-state index is 14.1. The Morgan fingerprint density at radius 2 is 2.00 bits per heavy atom. The lowest BCUT2D eigenvalue weighted by atomic mass is 9.75. The van der Waals surface area contributed by atoms with Crippen LogP contribution in [-0.4, -0.2) is 31.3 Å². The Morgan fingerprint density at radius 1 is 1.22 bits per heavy atom. The predicted octanol–water partition coefficient (Wildman–Crippen LogP) is 3.01. The van der Waals surface area contributed by atoms with Gasteiger partial charge in [0.15, 0.2) is 11.6 Å². The minimum Gasteiger partial charge on any atom is -0.497 e. The molecule has 3 rings (SSSR count). The molecule has 2 aromatic carbocycles. The van der Waals surface area contributed by atoms with Crippen molar-refractivity contribution in [2.24, 2.45) is 5.92 Å². The van der Waals surface area contributed by atoms with E-state index in [1.165, 1.54) is 13.2 Å². The maximum absolute atomic E-state index is 14.1. The summed E-state index contributed by atoms with van der Waals surface area (Å²) in [6, 6.07) is 11.7. The Morgan fingerprint density at radius 3 is 2.63 bits per heavy atom. The summed E-state index contributed by atoms with van der Waals surface area (Å²) in [6.45, 7) is 0. The van der Waals surface area contributed by atoms with Gasteiger partial charge in [-0.2, -0.15) is 0 Å². The lowest BCUT2D eigenvalue weighted by molar-refractivity contribution is -0.122. The van der Waals surface area contributed by atoms with Crippen molar-refractivity contribution < 1.29 is 23.8 Å². The van der Waals surface area contributed by atoms with Crippen molar-refractivity contribution in [2.75, 3.05) is 14.2 Å². The second-order valence-electron chi connectivity index (χ2n) is 6.85. The van der Waals surface area contributed by atoms with Gasteiger partial charge in [0.25, 0.3) is 0 Å². The highest BCUT2D eigenvalue weighted by Gasteiger charge is 2.36. The molecule has 1 saturated carbocycles.